The molecule has 0 fully saturated rings. The van der Waals surface area contributed by atoms with Gasteiger partial charge in [0.2, 0.25) is 0 Å². The molecule has 19 heavy (non-hydrogen) atoms. The van der Waals surface area contributed by atoms with Gasteiger partial charge in [0.1, 0.15) is 6.61 Å². The Kier molecular flexibility index (Phi) is 5.70. The van der Waals surface area contributed by atoms with Gasteiger partial charge in [0.05, 0.1) is 0 Å². The molecule has 1 aromatic rings. The van der Waals surface area contributed by atoms with Crippen molar-refractivity contribution in [1.82, 2.24) is 0 Å². The first-order chi connectivity index (χ1) is 9.01. The largest absolute Gasteiger partial charge is 0.467 e. The highest BCUT2D eigenvalue weighted by molar-refractivity contribution is 5.96. The molecule has 4 nitrogen and oxygen atoms in total. The van der Waals surface area contributed by atoms with Crippen molar-refractivity contribution in [3.8, 4) is 0 Å². The summed E-state index contributed by atoms with van der Waals surface area (Å²) in [6.07, 6.45) is 0.840. The Morgan fingerprint density at radius 1 is 1.32 bits per heavy atom. The van der Waals surface area contributed by atoms with Crippen LogP contribution in [-0.4, -0.2) is 30.6 Å². The molecule has 0 unspecified atom stereocenters. The SMILES string of the molecule is CC(C)(COC=O)c1ccc(C(=O)CCCO)cc1. The highest BCUT2D eigenvalue weighted by atomic mass is 16.5. The van der Waals surface area contributed by atoms with Crippen LogP contribution in [0.2, 0.25) is 0 Å². The third-order valence-electron chi connectivity index (χ3n) is 3.06. The van der Waals surface area contributed by atoms with Crippen molar-refractivity contribution in [3.05, 3.63) is 35.4 Å². The number of hydrogen-bond acceptors (Lipinski definition) is 4. The summed E-state index contributed by atoms with van der Waals surface area (Å²) >= 11 is 0. The summed E-state index contributed by atoms with van der Waals surface area (Å²) in [5.41, 5.74) is 1.37. The molecule has 1 N–H and O–H groups in total. The predicted molar refractivity (Wildman–Crippen MR) is 72.1 cm³/mol. The zero-order valence-electron chi connectivity index (χ0n) is 11.4. The van der Waals surface area contributed by atoms with Crippen LogP contribution in [-0.2, 0) is 14.9 Å². The van der Waals surface area contributed by atoms with Crippen LogP contribution in [0.15, 0.2) is 24.3 Å². The van der Waals surface area contributed by atoms with E-state index >= 15 is 0 Å². The Labute approximate surface area is 113 Å². The quantitative estimate of drug-likeness (QED) is 0.577. The lowest BCUT2D eigenvalue weighted by atomic mass is 9.85. The molecule has 1 rings (SSSR count). The highest BCUT2D eigenvalue weighted by Gasteiger charge is 2.21. The fourth-order valence-electron chi connectivity index (χ4n) is 1.82. The summed E-state index contributed by atoms with van der Waals surface area (Å²) in [4.78, 5) is 22.0. The van der Waals surface area contributed by atoms with E-state index in [-0.39, 0.29) is 17.8 Å². The van der Waals surface area contributed by atoms with Crippen LogP contribution in [0, 0.1) is 0 Å². The number of ether oxygens (including phenoxy) is 1. The van der Waals surface area contributed by atoms with Crippen LogP contribution >= 0.6 is 0 Å². The van der Waals surface area contributed by atoms with E-state index in [0.717, 1.165) is 5.56 Å². The molecule has 0 amide bonds. The minimum atomic E-state index is -0.284. The van der Waals surface area contributed by atoms with Crippen molar-refractivity contribution in [3.63, 3.8) is 0 Å². The van der Waals surface area contributed by atoms with Crippen molar-refractivity contribution < 1.29 is 19.4 Å². The van der Waals surface area contributed by atoms with Crippen LogP contribution in [0.5, 0.6) is 0 Å². The zero-order valence-corrected chi connectivity index (χ0v) is 11.4. The number of hydrogen-bond donors (Lipinski definition) is 1. The van der Waals surface area contributed by atoms with E-state index in [0.29, 0.717) is 31.5 Å². The third kappa shape index (κ3) is 4.48. The summed E-state index contributed by atoms with van der Waals surface area (Å²) in [5.74, 6) is 0.0301. The van der Waals surface area contributed by atoms with Crippen molar-refractivity contribution in [2.75, 3.05) is 13.2 Å². The molecule has 0 aliphatic heterocycles. The maximum Gasteiger partial charge on any atom is 0.293 e. The summed E-state index contributed by atoms with van der Waals surface area (Å²) < 4.78 is 4.81. The summed E-state index contributed by atoms with van der Waals surface area (Å²) in [6.45, 7) is 4.71. The molecule has 0 radical (unpaired) electrons. The zero-order chi connectivity index (χ0) is 14.3. The van der Waals surface area contributed by atoms with Crippen LogP contribution in [0.4, 0.5) is 0 Å². The number of rotatable bonds is 8. The molecule has 0 bridgehead atoms. The number of carbonyl (C=O) groups is 2. The minimum Gasteiger partial charge on any atom is -0.467 e. The van der Waals surface area contributed by atoms with Crippen LogP contribution < -0.4 is 0 Å². The fourth-order valence-corrected chi connectivity index (χ4v) is 1.82. The van der Waals surface area contributed by atoms with Gasteiger partial charge < -0.3 is 9.84 Å². The van der Waals surface area contributed by atoms with E-state index in [9.17, 15) is 9.59 Å². The summed E-state index contributed by atoms with van der Waals surface area (Å²) in [7, 11) is 0. The second kappa shape index (κ2) is 7.04. The fraction of sp³-hybridized carbons (Fsp3) is 0.467. The molecule has 0 heterocycles. The van der Waals surface area contributed by atoms with Crippen LogP contribution in [0.25, 0.3) is 0 Å². The summed E-state index contributed by atoms with van der Waals surface area (Å²) in [6, 6.07) is 7.30. The lowest BCUT2D eigenvalue weighted by Crippen LogP contribution is -2.24. The number of benzene rings is 1. The van der Waals surface area contributed by atoms with E-state index in [1.165, 1.54) is 0 Å². The lowest BCUT2D eigenvalue weighted by Gasteiger charge is -2.23. The van der Waals surface area contributed by atoms with Crippen LogP contribution in [0.1, 0.15) is 42.6 Å². The lowest BCUT2D eigenvalue weighted by molar-refractivity contribution is -0.130. The highest BCUT2D eigenvalue weighted by Crippen LogP contribution is 2.24. The molecule has 0 saturated carbocycles. The van der Waals surface area contributed by atoms with Gasteiger partial charge >= 0.3 is 0 Å². The molecule has 0 atom stereocenters. The maximum atomic E-state index is 11.8. The van der Waals surface area contributed by atoms with Gasteiger partial charge in [-0.25, -0.2) is 0 Å². The number of aliphatic hydroxyl groups excluding tert-OH is 1. The first kappa shape index (κ1) is 15.4. The second-order valence-corrected chi connectivity index (χ2v) is 5.12. The van der Waals surface area contributed by atoms with Crippen molar-refractivity contribution in [2.24, 2.45) is 0 Å². The minimum absolute atomic E-state index is 0.0277. The van der Waals surface area contributed by atoms with Gasteiger partial charge in [0, 0.05) is 24.0 Å². The maximum absolute atomic E-state index is 11.8. The number of ketones is 1. The summed E-state index contributed by atoms with van der Waals surface area (Å²) in [5, 5.41) is 8.70. The Hall–Kier alpha value is -1.68. The molecule has 4 heteroatoms. The van der Waals surface area contributed by atoms with E-state index in [1.807, 2.05) is 26.0 Å². The molecular weight excluding hydrogens is 244 g/mol. The van der Waals surface area contributed by atoms with Gasteiger partial charge in [-0.15, -0.1) is 0 Å². The average Bonchev–Trinajstić information content (AvgIpc) is 2.42. The monoisotopic (exact) mass is 264 g/mol. The molecule has 0 aliphatic rings. The number of carbonyl (C=O) groups excluding carboxylic acids is 2. The standard InChI is InChI=1S/C15H20O4/c1-15(2,10-19-11-17)13-7-5-12(6-8-13)14(18)4-3-9-16/h5-8,11,16H,3-4,9-10H2,1-2H3. The first-order valence-electron chi connectivity index (χ1n) is 6.31. The van der Waals surface area contributed by atoms with Gasteiger partial charge in [-0.3, -0.25) is 9.59 Å². The van der Waals surface area contributed by atoms with E-state index < -0.39 is 0 Å². The van der Waals surface area contributed by atoms with Crippen LogP contribution in [0.3, 0.4) is 0 Å². The Bertz CT molecular complexity index is 420. The average molecular weight is 264 g/mol. The molecule has 0 aliphatic carbocycles. The molecule has 0 saturated heterocycles. The molecule has 0 aromatic heterocycles. The number of aliphatic hydroxyl groups is 1. The second-order valence-electron chi connectivity index (χ2n) is 5.12. The number of Topliss-reactive ketones (excluding diaryl/α,β-unsaturated/α-hetero) is 1. The van der Waals surface area contributed by atoms with Gasteiger partial charge in [-0.1, -0.05) is 38.1 Å². The van der Waals surface area contributed by atoms with E-state index in [4.69, 9.17) is 9.84 Å². The molecular formula is C15H20O4. The first-order valence-corrected chi connectivity index (χ1v) is 6.31. The van der Waals surface area contributed by atoms with Gasteiger partial charge in [-0.2, -0.15) is 0 Å². The van der Waals surface area contributed by atoms with Gasteiger partial charge in [0.15, 0.2) is 5.78 Å². The van der Waals surface area contributed by atoms with Gasteiger partial charge in [0.25, 0.3) is 6.47 Å². The Morgan fingerprint density at radius 3 is 2.47 bits per heavy atom. The normalized spacial score (nSPS) is 11.1. The van der Waals surface area contributed by atoms with E-state index in [1.54, 1.807) is 12.1 Å². The Morgan fingerprint density at radius 2 is 1.95 bits per heavy atom. The smallest absolute Gasteiger partial charge is 0.293 e. The third-order valence-corrected chi connectivity index (χ3v) is 3.06. The predicted octanol–water partition coefficient (Wildman–Crippen LogP) is 2.09. The van der Waals surface area contributed by atoms with Crippen molar-refractivity contribution >= 4 is 12.3 Å². The van der Waals surface area contributed by atoms with Crippen molar-refractivity contribution in [2.45, 2.75) is 32.1 Å². The van der Waals surface area contributed by atoms with Gasteiger partial charge in [-0.05, 0) is 12.0 Å². The van der Waals surface area contributed by atoms with Crippen molar-refractivity contribution in [1.29, 1.82) is 0 Å². The van der Waals surface area contributed by atoms with E-state index in [2.05, 4.69) is 0 Å². The molecule has 104 valence electrons. The Balaban J connectivity index is 2.75. The molecule has 0 spiro atoms. The topological polar surface area (TPSA) is 63.6 Å². The molecule has 1 aromatic carbocycles.